The fraction of sp³-hybridized carbons (Fsp3) is 0.536. The molecule has 3 aromatic rings. The van der Waals surface area contributed by atoms with E-state index < -0.39 is 29.4 Å². The van der Waals surface area contributed by atoms with Crippen molar-refractivity contribution >= 4 is 22.5 Å². The summed E-state index contributed by atoms with van der Waals surface area (Å²) in [5, 5.41) is 3.92. The van der Waals surface area contributed by atoms with Crippen LogP contribution in [-0.4, -0.2) is 77.4 Å². The van der Waals surface area contributed by atoms with Crippen molar-refractivity contribution in [2.45, 2.75) is 63.6 Å². The summed E-state index contributed by atoms with van der Waals surface area (Å²) in [4.78, 5) is 16.9. The highest BCUT2D eigenvalue weighted by atomic mass is 19.4. The van der Waals surface area contributed by atoms with Gasteiger partial charge in [0.05, 0.1) is 11.3 Å². The Labute approximate surface area is 234 Å². The predicted octanol–water partition coefficient (Wildman–Crippen LogP) is 4.41. The number of nitrogens with one attached hydrogen (secondary N) is 1. The Morgan fingerprint density at radius 2 is 1.76 bits per heavy atom. The van der Waals surface area contributed by atoms with Crippen molar-refractivity contribution in [1.82, 2.24) is 25.2 Å². The lowest BCUT2D eigenvalue weighted by atomic mass is 9.95. The number of nitrogens with two attached hydrogens (primary N) is 1. The number of nitrogen functional groups attached to an aromatic ring is 1. The third-order valence-electron chi connectivity index (χ3n) is 8.40. The van der Waals surface area contributed by atoms with Crippen molar-refractivity contribution in [1.29, 1.82) is 0 Å². The Morgan fingerprint density at radius 3 is 2.39 bits per heavy atom. The molecule has 3 N–H and O–H groups in total. The van der Waals surface area contributed by atoms with Gasteiger partial charge in [-0.15, -0.1) is 0 Å². The van der Waals surface area contributed by atoms with Crippen molar-refractivity contribution in [2.24, 2.45) is 0 Å². The van der Waals surface area contributed by atoms with Gasteiger partial charge in [0, 0.05) is 48.7 Å². The third-order valence-corrected chi connectivity index (χ3v) is 8.40. The molecule has 2 aromatic heterocycles. The molecule has 5 heterocycles. The smallest absolute Gasteiger partial charge is 0.418 e. The minimum absolute atomic E-state index is 0.0865. The Balaban J connectivity index is 1.51. The van der Waals surface area contributed by atoms with Crippen LogP contribution in [0.1, 0.15) is 36.0 Å². The number of halogens is 5. The van der Waals surface area contributed by atoms with Crippen molar-refractivity contribution < 1.29 is 26.7 Å². The zero-order valence-corrected chi connectivity index (χ0v) is 23.0. The minimum Gasteiger partial charge on any atom is -0.462 e. The molecule has 3 aliphatic rings. The number of rotatable bonds is 5. The van der Waals surface area contributed by atoms with Crippen LogP contribution >= 0.6 is 0 Å². The topological polar surface area (TPSA) is 92.4 Å². The number of likely N-dealkylation sites (N-methyl/N-ethyl adjacent to an activating group) is 1. The molecule has 220 valence electrons. The number of likely N-dealkylation sites (tertiary alicyclic amines) is 1. The second kappa shape index (κ2) is 10.2. The third kappa shape index (κ3) is 5.14. The van der Waals surface area contributed by atoms with Gasteiger partial charge in [0.15, 0.2) is 5.82 Å². The van der Waals surface area contributed by atoms with E-state index in [9.17, 15) is 17.6 Å². The zero-order chi connectivity index (χ0) is 29.2. The number of fused-ring (bicyclic) bond motifs is 3. The first kappa shape index (κ1) is 27.8. The summed E-state index contributed by atoms with van der Waals surface area (Å²) >= 11 is 0. The molecule has 0 radical (unpaired) electrons. The summed E-state index contributed by atoms with van der Waals surface area (Å²) in [6.45, 7) is 4.44. The van der Waals surface area contributed by atoms with Crippen LogP contribution < -0.4 is 20.7 Å². The number of aromatic nitrogens is 3. The second-order valence-corrected chi connectivity index (χ2v) is 11.5. The first-order valence-corrected chi connectivity index (χ1v) is 13.7. The highest BCUT2D eigenvalue weighted by molar-refractivity contribution is 5.95. The lowest BCUT2D eigenvalue weighted by Crippen LogP contribution is -2.51. The SMILES string of the molecule is Cc1cc2c(N3CC4CCC(C3)N4)nc(OC[C@@H]3C[C@@H](F)CN3C)nc2c(F)c1-c1nc(N)cc(C)c1C(F)(F)F. The van der Waals surface area contributed by atoms with Gasteiger partial charge < -0.3 is 20.7 Å². The molecule has 2 bridgehead atoms. The van der Waals surface area contributed by atoms with Crippen LogP contribution in [0, 0.1) is 19.7 Å². The van der Waals surface area contributed by atoms with Crippen molar-refractivity contribution in [3.63, 3.8) is 0 Å². The summed E-state index contributed by atoms with van der Waals surface area (Å²) in [5.41, 5.74) is 3.78. The molecular weight excluding hydrogens is 545 g/mol. The first-order valence-electron chi connectivity index (χ1n) is 13.7. The van der Waals surface area contributed by atoms with E-state index in [4.69, 9.17) is 10.5 Å². The number of anilines is 2. The minimum atomic E-state index is -4.79. The average molecular weight is 578 g/mol. The normalized spacial score (nSPS) is 24.9. The highest BCUT2D eigenvalue weighted by Crippen LogP contribution is 2.43. The lowest BCUT2D eigenvalue weighted by Gasteiger charge is -2.34. The number of hydrogen-bond acceptors (Lipinski definition) is 8. The largest absolute Gasteiger partial charge is 0.462 e. The Bertz CT molecular complexity index is 1490. The lowest BCUT2D eigenvalue weighted by molar-refractivity contribution is -0.137. The quantitative estimate of drug-likeness (QED) is 0.431. The zero-order valence-electron chi connectivity index (χ0n) is 23.0. The van der Waals surface area contributed by atoms with Gasteiger partial charge in [0.1, 0.15) is 29.9 Å². The van der Waals surface area contributed by atoms with E-state index in [1.54, 1.807) is 13.1 Å². The summed E-state index contributed by atoms with van der Waals surface area (Å²) in [6.07, 6.45) is -3.47. The molecule has 41 heavy (non-hydrogen) atoms. The van der Waals surface area contributed by atoms with Gasteiger partial charge in [-0.2, -0.15) is 23.1 Å². The molecule has 0 amide bonds. The van der Waals surface area contributed by atoms with E-state index in [1.165, 1.54) is 13.8 Å². The number of aryl methyl sites for hydroxylation is 2. The summed E-state index contributed by atoms with van der Waals surface area (Å²) in [5.74, 6) is -0.663. The molecular formula is C28H32F5N7O. The molecule has 2 unspecified atom stereocenters. The van der Waals surface area contributed by atoms with E-state index >= 15 is 4.39 Å². The molecule has 8 nitrogen and oxygen atoms in total. The van der Waals surface area contributed by atoms with Crippen LogP contribution in [0.4, 0.5) is 33.6 Å². The molecule has 3 saturated heterocycles. The average Bonchev–Trinajstić information content (AvgIpc) is 3.39. The first-order chi connectivity index (χ1) is 19.4. The molecule has 13 heteroatoms. The maximum Gasteiger partial charge on any atom is 0.418 e. The Kier molecular flexibility index (Phi) is 6.92. The highest BCUT2D eigenvalue weighted by Gasteiger charge is 2.39. The number of pyridine rings is 1. The number of ether oxygens (including phenoxy) is 1. The summed E-state index contributed by atoms with van der Waals surface area (Å²) in [6, 6.07) is 2.89. The van der Waals surface area contributed by atoms with Crippen LogP contribution in [0.5, 0.6) is 6.01 Å². The molecule has 1 aromatic carbocycles. The van der Waals surface area contributed by atoms with Gasteiger partial charge in [-0.25, -0.2) is 13.8 Å². The molecule has 4 atom stereocenters. The number of alkyl halides is 4. The van der Waals surface area contributed by atoms with E-state index in [2.05, 4.69) is 25.2 Å². The summed E-state index contributed by atoms with van der Waals surface area (Å²) in [7, 11) is 1.80. The monoisotopic (exact) mass is 577 g/mol. The molecule has 0 saturated carbocycles. The predicted molar refractivity (Wildman–Crippen MR) is 145 cm³/mol. The van der Waals surface area contributed by atoms with E-state index in [0.29, 0.717) is 24.3 Å². The van der Waals surface area contributed by atoms with Gasteiger partial charge in [-0.3, -0.25) is 4.90 Å². The van der Waals surface area contributed by atoms with Crippen LogP contribution in [0.15, 0.2) is 12.1 Å². The van der Waals surface area contributed by atoms with E-state index in [-0.39, 0.29) is 71.7 Å². The Hall–Kier alpha value is -3.32. The van der Waals surface area contributed by atoms with Crippen molar-refractivity contribution in [3.05, 3.63) is 34.6 Å². The molecule has 0 aliphatic carbocycles. The van der Waals surface area contributed by atoms with Crippen LogP contribution in [0.3, 0.4) is 0 Å². The van der Waals surface area contributed by atoms with Crippen molar-refractivity contribution in [2.75, 3.05) is 43.9 Å². The van der Waals surface area contributed by atoms with Gasteiger partial charge in [0.2, 0.25) is 0 Å². The van der Waals surface area contributed by atoms with Gasteiger partial charge >= 0.3 is 12.2 Å². The molecule has 3 aliphatic heterocycles. The van der Waals surface area contributed by atoms with Gasteiger partial charge in [-0.1, -0.05) is 0 Å². The maximum atomic E-state index is 16.5. The van der Waals surface area contributed by atoms with Crippen LogP contribution in [0.25, 0.3) is 22.2 Å². The van der Waals surface area contributed by atoms with Gasteiger partial charge in [-0.05, 0) is 63.4 Å². The standard InChI is InChI=1S/C28H32F5N7O/c1-13-6-19-24(23(30)21(13)25-22(28(31,32)33)14(2)7-20(34)36-25)37-27(41-12-18-8-15(29)9-39(18)3)38-26(19)40-10-16-4-5-17(11-40)35-16/h6-7,15-18,35H,4-5,8-12H2,1-3H3,(H2,34,36)/t15-,16?,17?,18+/m1/s1. The van der Waals surface area contributed by atoms with E-state index in [0.717, 1.165) is 18.9 Å². The van der Waals surface area contributed by atoms with Crippen LogP contribution in [0.2, 0.25) is 0 Å². The fourth-order valence-electron chi connectivity index (χ4n) is 6.50. The fourth-order valence-corrected chi connectivity index (χ4v) is 6.50. The number of hydrogen-bond donors (Lipinski definition) is 2. The number of benzene rings is 1. The molecule has 0 spiro atoms. The van der Waals surface area contributed by atoms with Gasteiger partial charge in [0.25, 0.3) is 0 Å². The molecule has 3 fully saturated rings. The number of piperazine rings is 1. The number of nitrogens with zero attached hydrogens (tertiary/aromatic N) is 5. The van der Waals surface area contributed by atoms with Crippen molar-refractivity contribution in [3.8, 4) is 17.3 Å². The maximum absolute atomic E-state index is 16.5. The molecule has 6 rings (SSSR count). The van der Waals surface area contributed by atoms with E-state index in [1.807, 2.05) is 4.90 Å². The Morgan fingerprint density at radius 1 is 1.05 bits per heavy atom. The van der Waals surface area contributed by atoms with Crippen LogP contribution in [-0.2, 0) is 6.18 Å². The summed E-state index contributed by atoms with van der Waals surface area (Å²) < 4.78 is 78.9. The second-order valence-electron chi connectivity index (χ2n) is 11.5.